The maximum Gasteiger partial charge on any atom is 0.303 e. The van der Waals surface area contributed by atoms with Crippen molar-refractivity contribution in [1.82, 2.24) is 10.6 Å². The Labute approximate surface area is 333 Å². The van der Waals surface area contributed by atoms with E-state index in [1.807, 2.05) is 18.2 Å². The summed E-state index contributed by atoms with van der Waals surface area (Å²) in [6.45, 7) is 14.4. The monoisotopic (exact) mass is 766 g/mol. The van der Waals surface area contributed by atoms with Crippen LogP contribution in [-0.2, 0) is 14.4 Å². The first-order valence-corrected chi connectivity index (χ1v) is 21.9. The Morgan fingerprint density at radius 2 is 0.667 bits per heavy atom. The molecule has 2 amide bonds. The molecular formula is C45H89N4O5-. The molecule has 0 aliphatic rings. The molecule has 0 aromatic heterocycles. The van der Waals surface area contributed by atoms with E-state index in [9.17, 15) is 14.4 Å². The molecular weight excluding hydrogens is 677 g/mol. The van der Waals surface area contributed by atoms with E-state index in [1.54, 1.807) is 0 Å². The fourth-order valence-electron chi connectivity index (χ4n) is 5.71. The van der Waals surface area contributed by atoms with Gasteiger partial charge in [-0.2, -0.15) is 0 Å². The van der Waals surface area contributed by atoms with Gasteiger partial charge in [-0.25, -0.2) is 0 Å². The molecule has 0 saturated heterocycles. The lowest BCUT2D eigenvalue weighted by molar-refractivity contribution is -0.137. The van der Waals surface area contributed by atoms with E-state index in [-0.39, 0.29) is 17.3 Å². The van der Waals surface area contributed by atoms with Crippen molar-refractivity contribution in [2.24, 2.45) is 11.5 Å². The number of amides is 2. The Hall–Kier alpha value is -2.49. The van der Waals surface area contributed by atoms with Gasteiger partial charge in [-0.05, 0) is 96.6 Å². The van der Waals surface area contributed by atoms with Crippen molar-refractivity contribution in [2.75, 3.05) is 26.2 Å². The molecule has 9 nitrogen and oxygen atoms in total. The maximum absolute atomic E-state index is 11.8. The summed E-state index contributed by atoms with van der Waals surface area (Å²) in [5.74, 6) is -0.284. The molecule has 0 spiro atoms. The van der Waals surface area contributed by atoms with Crippen LogP contribution in [0.1, 0.15) is 205 Å². The van der Waals surface area contributed by atoms with Crippen LogP contribution in [0.3, 0.4) is 0 Å². The van der Waals surface area contributed by atoms with Crippen molar-refractivity contribution >= 4 is 17.8 Å². The first-order valence-electron chi connectivity index (χ1n) is 21.9. The van der Waals surface area contributed by atoms with E-state index in [1.165, 1.54) is 89.9 Å². The van der Waals surface area contributed by atoms with Crippen LogP contribution in [0, 0.1) is 0 Å². The first-order chi connectivity index (χ1) is 25.9. The molecule has 0 radical (unpaired) electrons. The standard InChI is InChI=1S/C28H52N2O2.C11H20O2.C6H16N2.H2O/c1-3-5-7-9-11-13-15-19-23-27(31)29-25-21-17-18-22-26-30-28(32)24-20-16-14-12-10-8-6-4-2;1-2-3-4-5-6-7-8-9-10-11(12)13;7-5-3-1-2-4-6-8;/h3-4H,1-2,5-26H2,(H,29,31)(H,30,32);2H,1,3-10H2,(H,12,13);1-8H2;1H2/p-1. The summed E-state index contributed by atoms with van der Waals surface area (Å²) in [6, 6.07) is 0. The largest absolute Gasteiger partial charge is 0.870 e. The van der Waals surface area contributed by atoms with Crippen molar-refractivity contribution in [3.05, 3.63) is 38.0 Å². The molecule has 0 fully saturated rings. The zero-order valence-corrected chi connectivity index (χ0v) is 35.1. The van der Waals surface area contributed by atoms with Gasteiger partial charge in [0, 0.05) is 32.4 Å². The number of hydrogen-bond acceptors (Lipinski definition) is 6. The van der Waals surface area contributed by atoms with Gasteiger partial charge in [0.15, 0.2) is 0 Å². The summed E-state index contributed by atoms with van der Waals surface area (Å²) in [6.07, 6.45) is 41.1. The zero-order valence-electron chi connectivity index (χ0n) is 35.1. The molecule has 0 unspecified atom stereocenters. The molecule has 0 saturated carbocycles. The zero-order chi connectivity index (χ0) is 39.7. The van der Waals surface area contributed by atoms with Crippen LogP contribution in [0.4, 0.5) is 0 Å². The molecule has 0 aliphatic heterocycles. The molecule has 54 heavy (non-hydrogen) atoms. The Morgan fingerprint density at radius 1 is 0.407 bits per heavy atom. The van der Waals surface area contributed by atoms with Gasteiger partial charge in [-0.15, -0.1) is 19.7 Å². The third kappa shape index (κ3) is 61.5. The summed E-state index contributed by atoms with van der Waals surface area (Å²) in [5.41, 5.74) is 10.6. The molecule has 0 bridgehead atoms. The fourth-order valence-corrected chi connectivity index (χ4v) is 5.71. The summed E-state index contributed by atoms with van der Waals surface area (Å²) in [4.78, 5) is 33.8. The fraction of sp³-hybridized carbons (Fsp3) is 0.800. The van der Waals surface area contributed by atoms with E-state index >= 15 is 0 Å². The Kier molecular flexibility index (Phi) is 59.1. The minimum Gasteiger partial charge on any atom is -0.870 e. The summed E-state index contributed by atoms with van der Waals surface area (Å²) in [5, 5.41) is 14.4. The number of rotatable bonds is 39. The molecule has 0 aliphatic carbocycles. The van der Waals surface area contributed by atoms with Gasteiger partial charge in [0.05, 0.1) is 0 Å². The minimum atomic E-state index is -0.674. The van der Waals surface area contributed by atoms with E-state index in [4.69, 9.17) is 16.6 Å². The van der Waals surface area contributed by atoms with Crippen molar-refractivity contribution in [3.63, 3.8) is 0 Å². The van der Waals surface area contributed by atoms with E-state index in [0.29, 0.717) is 19.3 Å². The van der Waals surface area contributed by atoms with Gasteiger partial charge in [0.1, 0.15) is 0 Å². The normalized spacial score (nSPS) is 10.1. The van der Waals surface area contributed by atoms with Crippen LogP contribution in [0.2, 0.25) is 0 Å². The van der Waals surface area contributed by atoms with Crippen LogP contribution in [0.25, 0.3) is 0 Å². The lowest BCUT2D eigenvalue weighted by atomic mass is 10.1. The number of carboxylic acids is 1. The second-order valence-electron chi connectivity index (χ2n) is 14.3. The van der Waals surface area contributed by atoms with Gasteiger partial charge in [-0.1, -0.05) is 121 Å². The summed E-state index contributed by atoms with van der Waals surface area (Å²) >= 11 is 0. The van der Waals surface area contributed by atoms with Crippen molar-refractivity contribution < 1.29 is 25.0 Å². The Bertz CT molecular complexity index is 761. The molecule has 0 atom stereocenters. The number of carbonyl (C=O) groups is 3. The van der Waals surface area contributed by atoms with Crippen LogP contribution in [-0.4, -0.2) is 54.5 Å². The van der Waals surface area contributed by atoms with Gasteiger partial charge in [0.25, 0.3) is 0 Å². The van der Waals surface area contributed by atoms with Gasteiger partial charge >= 0.3 is 5.97 Å². The van der Waals surface area contributed by atoms with Crippen molar-refractivity contribution in [2.45, 2.75) is 205 Å². The number of hydrogen-bond donors (Lipinski definition) is 5. The lowest BCUT2D eigenvalue weighted by Crippen LogP contribution is -2.24. The highest BCUT2D eigenvalue weighted by Crippen LogP contribution is 2.11. The Balaban J connectivity index is -0.000000463. The predicted octanol–water partition coefficient (Wildman–Crippen LogP) is 11.1. The van der Waals surface area contributed by atoms with Crippen LogP contribution in [0.15, 0.2) is 38.0 Å². The molecule has 320 valence electrons. The van der Waals surface area contributed by atoms with Crippen molar-refractivity contribution in [1.29, 1.82) is 0 Å². The van der Waals surface area contributed by atoms with E-state index in [0.717, 1.165) is 122 Å². The lowest BCUT2D eigenvalue weighted by Gasteiger charge is -2.07. The molecule has 8 N–H and O–H groups in total. The van der Waals surface area contributed by atoms with Gasteiger partial charge in [0.2, 0.25) is 11.8 Å². The molecule has 0 aromatic carbocycles. The van der Waals surface area contributed by atoms with Gasteiger partial charge in [-0.3, -0.25) is 14.4 Å². The predicted molar refractivity (Wildman–Crippen MR) is 232 cm³/mol. The quantitative estimate of drug-likeness (QED) is 0.0305. The highest BCUT2D eigenvalue weighted by atomic mass is 16.4. The Morgan fingerprint density at radius 3 is 0.963 bits per heavy atom. The van der Waals surface area contributed by atoms with Crippen LogP contribution < -0.4 is 22.1 Å². The summed E-state index contributed by atoms with van der Waals surface area (Å²) < 4.78 is 0. The third-order valence-corrected chi connectivity index (χ3v) is 9.08. The third-order valence-electron chi connectivity index (χ3n) is 9.08. The van der Waals surface area contributed by atoms with Crippen LogP contribution in [0.5, 0.6) is 0 Å². The smallest absolute Gasteiger partial charge is 0.303 e. The highest BCUT2D eigenvalue weighted by molar-refractivity contribution is 5.76. The second-order valence-corrected chi connectivity index (χ2v) is 14.3. The minimum absolute atomic E-state index is 0. The molecule has 9 heteroatoms. The SMILES string of the molecule is C=CCCCCCCCCC(=O)NCCCCCCNC(=O)CCCCCCCCC=C.C=CCCCCCCCCC(=O)O.NCCCCCCN.[OH-]. The highest BCUT2D eigenvalue weighted by Gasteiger charge is 2.02. The van der Waals surface area contributed by atoms with Crippen molar-refractivity contribution in [3.8, 4) is 0 Å². The average molecular weight is 766 g/mol. The topological polar surface area (TPSA) is 178 Å². The van der Waals surface area contributed by atoms with Gasteiger partial charge < -0.3 is 32.7 Å². The number of carboxylic acid groups (broad SMARTS) is 1. The number of allylic oxidation sites excluding steroid dienone is 3. The molecule has 0 aromatic rings. The second kappa shape index (κ2) is 54.9. The number of carbonyl (C=O) groups excluding carboxylic acids is 2. The van der Waals surface area contributed by atoms with Crippen LogP contribution >= 0.6 is 0 Å². The average Bonchev–Trinajstić information content (AvgIpc) is 3.15. The van der Waals surface area contributed by atoms with E-state index < -0.39 is 5.97 Å². The number of unbranched alkanes of at least 4 members (excludes halogenated alkanes) is 24. The number of nitrogens with two attached hydrogens (primary N) is 2. The maximum atomic E-state index is 11.8. The molecule has 0 heterocycles. The summed E-state index contributed by atoms with van der Waals surface area (Å²) in [7, 11) is 0. The van der Waals surface area contributed by atoms with E-state index in [2.05, 4.69) is 30.4 Å². The number of nitrogens with one attached hydrogen (secondary N) is 2. The first kappa shape index (κ1) is 58.2. The molecule has 0 rings (SSSR count). The number of aliphatic carboxylic acids is 1.